The van der Waals surface area contributed by atoms with Gasteiger partial charge >= 0.3 is 10.1 Å². The molecule has 36 heavy (non-hydrogen) atoms. The minimum Gasteiger partial charge on any atom is -0.379 e. The van der Waals surface area contributed by atoms with Gasteiger partial charge in [0.15, 0.2) is 0 Å². The van der Waals surface area contributed by atoms with Gasteiger partial charge in [-0.3, -0.25) is 9.59 Å². The Morgan fingerprint density at radius 3 is 2.36 bits per heavy atom. The molecule has 3 aromatic carbocycles. The smallest absolute Gasteiger partial charge is 0.339 e. The van der Waals surface area contributed by atoms with Gasteiger partial charge in [0.1, 0.15) is 16.5 Å². The van der Waals surface area contributed by atoms with Crippen molar-refractivity contribution in [3.8, 4) is 5.75 Å². The molecule has 7 nitrogen and oxygen atoms in total. The van der Waals surface area contributed by atoms with Crippen LogP contribution in [0.3, 0.4) is 0 Å². The monoisotopic (exact) mass is 532 g/mol. The Labute approximate surface area is 215 Å². The summed E-state index contributed by atoms with van der Waals surface area (Å²) in [6, 6.07) is 15.3. The molecule has 2 amide bonds. The van der Waals surface area contributed by atoms with E-state index in [0.29, 0.717) is 22.7 Å². The van der Waals surface area contributed by atoms with Crippen LogP contribution in [0.5, 0.6) is 5.75 Å². The van der Waals surface area contributed by atoms with Crippen LogP contribution in [0.2, 0.25) is 5.02 Å². The minimum atomic E-state index is -4.25. The number of amides is 2. The van der Waals surface area contributed by atoms with Crippen LogP contribution < -0.4 is 9.50 Å². The predicted molar refractivity (Wildman–Crippen MR) is 136 cm³/mol. The molecule has 0 radical (unpaired) electrons. The fourth-order valence-electron chi connectivity index (χ4n) is 3.45. The molecule has 0 aliphatic carbocycles. The number of carbonyl (C=O) groups excluding carboxylic acids is 2. The van der Waals surface area contributed by atoms with Crippen molar-refractivity contribution in [2.24, 2.45) is 0 Å². The third-order valence-electron chi connectivity index (χ3n) is 5.51. The van der Waals surface area contributed by atoms with E-state index in [1.54, 1.807) is 6.07 Å². The Kier molecular flexibility index (Phi) is 8.70. The van der Waals surface area contributed by atoms with Crippen molar-refractivity contribution < 1.29 is 26.6 Å². The van der Waals surface area contributed by atoms with Crippen molar-refractivity contribution in [3.63, 3.8) is 0 Å². The SMILES string of the molecule is CCC(C)N(Cc1cc(Cl)ccc1OS(=O)(=O)c1ccc(NC(C)=O)cc1)C(=O)c1ccccc1F. The van der Waals surface area contributed by atoms with Crippen LogP contribution in [0.25, 0.3) is 0 Å². The quantitative estimate of drug-likeness (QED) is 0.360. The van der Waals surface area contributed by atoms with Crippen LogP contribution >= 0.6 is 11.6 Å². The van der Waals surface area contributed by atoms with Crippen molar-refractivity contribution in [1.82, 2.24) is 4.90 Å². The molecule has 0 fully saturated rings. The first kappa shape index (κ1) is 27.2. The number of benzene rings is 3. The third-order valence-corrected chi connectivity index (χ3v) is 7.00. The van der Waals surface area contributed by atoms with Crippen LogP contribution in [0.1, 0.15) is 43.1 Å². The lowest BCUT2D eigenvalue weighted by molar-refractivity contribution is -0.114. The second-order valence-electron chi connectivity index (χ2n) is 8.17. The predicted octanol–water partition coefficient (Wildman–Crippen LogP) is 5.65. The van der Waals surface area contributed by atoms with Gasteiger partial charge in [0.2, 0.25) is 5.91 Å². The molecule has 190 valence electrons. The highest BCUT2D eigenvalue weighted by Crippen LogP contribution is 2.29. The maximum absolute atomic E-state index is 14.4. The largest absolute Gasteiger partial charge is 0.379 e. The van der Waals surface area contributed by atoms with E-state index in [2.05, 4.69) is 5.32 Å². The number of hydrogen-bond donors (Lipinski definition) is 1. The van der Waals surface area contributed by atoms with Gasteiger partial charge < -0.3 is 14.4 Å². The lowest BCUT2D eigenvalue weighted by Gasteiger charge is -2.29. The molecular weight excluding hydrogens is 507 g/mol. The van der Waals surface area contributed by atoms with E-state index in [1.165, 1.54) is 72.5 Å². The molecule has 10 heteroatoms. The Bertz CT molecular complexity index is 1360. The van der Waals surface area contributed by atoms with Gasteiger partial charge in [-0.1, -0.05) is 30.7 Å². The fraction of sp³-hybridized carbons (Fsp3) is 0.231. The summed E-state index contributed by atoms with van der Waals surface area (Å²) in [5, 5.41) is 2.88. The zero-order valence-electron chi connectivity index (χ0n) is 20.0. The summed E-state index contributed by atoms with van der Waals surface area (Å²) in [6.07, 6.45) is 0.579. The van der Waals surface area contributed by atoms with Crippen molar-refractivity contribution in [3.05, 3.63) is 88.7 Å². The summed E-state index contributed by atoms with van der Waals surface area (Å²) >= 11 is 6.18. The number of halogens is 2. The number of nitrogens with one attached hydrogen (secondary N) is 1. The molecule has 0 aliphatic rings. The Morgan fingerprint density at radius 1 is 1.08 bits per heavy atom. The zero-order chi connectivity index (χ0) is 26.5. The zero-order valence-corrected chi connectivity index (χ0v) is 21.6. The van der Waals surface area contributed by atoms with Gasteiger partial charge in [0.25, 0.3) is 5.91 Å². The average molecular weight is 533 g/mol. The topological polar surface area (TPSA) is 92.8 Å². The molecule has 1 N–H and O–H groups in total. The first-order valence-electron chi connectivity index (χ1n) is 11.2. The van der Waals surface area contributed by atoms with E-state index in [9.17, 15) is 22.4 Å². The van der Waals surface area contributed by atoms with Crippen molar-refractivity contribution in [1.29, 1.82) is 0 Å². The molecule has 0 saturated carbocycles. The molecule has 0 aromatic heterocycles. The third kappa shape index (κ3) is 6.61. The lowest BCUT2D eigenvalue weighted by atomic mass is 10.1. The Hall–Kier alpha value is -3.43. The molecule has 0 heterocycles. The maximum Gasteiger partial charge on any atom is 0.339 e. The first-order valence-corrected chi connectivity index (χ1v) is 13.0. The average Bonchev–Trinajstić information content (AvgIpc) is 2.83. The Morgan fingerprint density at radius 2 is 1.75 bits per heavy atom. The molecule has 1 unspecified atom stereocenters. The summed E-state index contributed by atoms with van der Waals surface area (Å²) in [5.74, 6) is -1.49. The van der Waals surface area contributed by atoms with Gasteiger partial charge in [-0.15, -0.1) is 0 Å². The van der Waals surface area contributed by atoms with E-state index in [-0.39, 0.29) is 34.7 Å². The summed E-state index contributed by atoms with van der Waals surface area (Å²) in [5.41, 5.74) is 0.685. The molecular formula is C26H26ClFN2O5S. The van der Waals surface area contributed by atoms with Crippen LogP contribution in [0.15, 0.2) is 71.6 Å². The minimum absolute atomic E-state index is 0.0139. The van der Waals surface area contributed by atoms with Gasteiger partial charge in [-0.25, -0.2) is 4.39 Å². The van der Waals surface area contributed by atoms with Gasteiger partial charge in [-0.05, 0) is 67.9 Å². The lowest BCUT2D eigenvalue weighted by Crippen LogP contribution is -2.38. The molecule has 0 aliphatic heterocycles. The maximum atomic E-state index is 14.4. The van der Waals surface area contributed by atoms with Gasteiger partial charge in [-0.2, -0.15) is 8.42 Å². The van der Waals surface area contributed by atoms with Gasteiger partial charge in [0, 0.05) is 29.2 Å². The second kappa shape index (κ2) is 11.5. The van der Waals surface area contributed by atoms with E-state index in [1.807, 2.05) is 13.8 Å². The van der Waals surface area contributed by atoms with E-state index in [0.717, 1.165) is 0 Å². The first-order chi connectivity index (χ1) is 17.0. The number of anilines is 1. The van der Waals surface area contributed by atoms with E-state index < -0.39 is 21.8 Å². The fourth-order valence-corrected chi connectivity index (χ4v) is 4.61. The van der Waals surface area contributed by atoms with E-state index in [4.69, 9.17) is 15.8 Å². The van der Waals surface area contributed by atoms with Crippen LogP contribution in [-0.2, 0) is 21.5 Å². The van der Waals surface area contributed by atoms with Crippen LogP contribution in [-0.4, -0.2) is 31.2 Å². The van der Waals surface area contributed by atoms with Crippen molar-refractivity contribution in [2.45, 2.75) is 44.7 Å². The second-order valence-corrected chi connectivity index (χ2v) is 10.1. The summed E-state index contributed by atoms with van der Waals surface area (Å²) in [7, 11) is -4.25. The standard InChI is InChI=1S/C26H26ClFN2O5S/c1-4-17(2)30(26(32)23-7-5-6-8-24(23)28)16-19-15-20(27)9-14-25(19)35-36(33,34)22-12-10-21(11-13-22)29-18(3)31/h5-15,17H,4,16H2,1-3H3,(H,29,31). The summed E-state index contributed by atoms with van der Waals surface area (Å²) < 4.78 is 45.7. The molecule has 3 rings (SSSR count). The molecule has 0 spiro atoms. The highest BCUT2D eigenvalue weighted by Gasteiger charge is 2.26. The van der Waals surface area contributed by atoms with Crippen LogP contribution in [0.4, 0.5) is 10.1 Å². The van der Waals surface area contributed by atoms with Crippen LogP contribution in [0, 0.1) is 5.82 Å². The molecule has 1 atom stereocenters. The molecule has 3 aromatic rings. The van der Waals surface area contributed by atoms with E-state index >= 15 is 0 Å². The molecule has 0 saturated heterocycles. The van der Waals surface area contributed by atoms with Gasteiger partial charge in [0.05, 0.1) is 12.1 Å². The molecule has 0 bridgehead atoms. The summed E-state index contributed by atoms with van der Waals surface area (Å²) in [4.78, 5) is 25.8. The number of hydrogen-bond acceptors (Lipinski definition) is 5. The van der Waals surface area contributed by atoms with Crippen molar-refractivity contribution >= 4 is 39.2 Å². The number of nitrogens with zero attached hydrogens (tertiary/aromatic N) is 1. The highest BCUT2D eigenvalue weighted by molar-refractivity contribution is 7.87. The Balaban J connectivity index is 1.93. The van der Waals surface area contributed by atoms with Crippen molar-refractivity contribution in [2.75, 3.05) is 5.32 Å². The number of carbonyl (C=O) groups is 2. The normalized spacial score (nSPS) is 12.0. The summed E-state index contributed by atoms with van der Waals surface area (Å²) in [6.45, 7) is 4.98. The highest BCUT2D eigenvalue weighted by atomic mass is 35.5. The number of rotatable bonds is 9.